The summed E-state index contributed by atoms with van der Waals surface area (Å²) < 4.78 is 21.6. The average Bonchev–Trinajstić information content (AvgIpc) is 3.03. The predicted octanol–water partition coefficient (Wildman–Crippen LogP) is 4.72. The third kappa shape index (κ3) is 3.01. The van der Waals surface area contributed by atoms with Gasteiger partial charge in [0.15, 0.2) is 11.5 Å². The highest BCUT2D eigenvalue weighted by Gasteiger charge is 2.18. The molecule has 2 heterocycles. The van der Waals surface area contributed by atoms with Crippen LogP contribution in [0.2, 0.25) is 10.0 Å². The number of hydrogen-bond donors (Lipinski definition) is 0. The highest BCUT2D eigenvalue weighted by atomic mass is 35.5. The van der Waals surface area contributed by atoms with E-state index in [9.17, 15) is 4.79 Å². The first kappa shape index (κ1) is 16.1. The lowest BCUT2D eigenvalue weighted by Gasteiger charge is -2.11. The van der Waals surface area contributed by atoms with Crippen LogP contribution in [0, 0.1) is 6.92 Å². The van der Waals surface area contributed by atoms with Gasteiger partial charge in [0.25, 0.3) is 0 Å². The van der Waals surface area contributed by atoms with Crippen LogP contribution in [0.1, 0.15) is 11.1 Å². The summed E-state index contributed by atoms with van der Waals surface area (Å²) in [6.07, 6.45) is 0. The fraction of sp³-hybridized carbons (Fsp3) is 0.167. The quantitative estimate of drug-likeness (QED) is 0.617. The molecular formula is C18H12Cl2O5. The molecule has 1 aliphatic rings. The van der Waals surface area contributed by atoms with Crippen molar-refractivity contribution in [1.82, 2.24) is 0 Å². The average molecular weight is 379 g/mol. The Morgan fingerprint density at radius 1 is 1.08 bits per heavy atom. The first-order valence-corrected chi connectivity index (χ1v) is 8.21. The molecule has 1 aliphatic heterocycles. The molecule has 0 spiro atoms. The normalized spacial score (nSPS) is 12.6. The summed E-state index contributed by atoms with van der Waals surface area (Å²) >= 11 is 12.5. The van der Waals surface area contributed by atoms with Crippen molar-refractivity contribution in [3.63, 3.8) is 0 Å². The molecule has 128 valence electrons. The van der Waals surface area contributed by atoms with Crippen molar-refractivity contribution in [3.05, 3.63) is 61.9 Å². The molecule has 0 radical (unpaired) electrons. The molecule has 0 atom stereocenters. The second-order valence-corrected chi connectivity index (χ2v) is 6.44. The minimum atomic E-state index is -0.416. The van der Waals surface area contributed by atoms with Crippen molar-refractivity contribution >= 4 is 34.2 Å². The molecule has 25 heavy (non-hydrogen) atoms. The maximum atomic E-state index is 11.5. The minimum Gasteiger partial charge on any atom is -0.487 e. The van der Waals surface area contributed by atoms with Gasteiger partial charge in [0.05, 0.1) is 10.0 Å². The van der Waals surface area contributed by atoms with Crippen LogP contribution in [0.4, 0.5) is 0 Å². The molecule has 7 heteroatoms. The largest absolute Gasteiger partial charge is 0.487 e. The van der Waals surface area contributed by atoms with E-state index in [1.165, 1.54) is 6.07 Å². The third-order valence-electron chi connectivity index (χ3n) is 3.89. The smallest absolute Gasteiger partial charge is 0.336 e. The Hall–Kier alpha value is -2.37. The highest BCUT2D eigenvalue weighted by molar-refractivity contribution is 6.33. The maximum absolute atomic E-state index is 11.5. The second-order valence-electron chi connectivity index (χ2n) is 5.63. The van der Waals surface area contributed by atoms with E-state index in [0.29, 0.717) is 32.9 Å². The van der Waals surface area contributed by atoms with Crippen LogP contribution < -0.4 is 19.8 Å². The van der Waals surface area contributed by atoms with Gasteiger partial charge in [-0.25, -0.2) is 4.79 Å². The summed E-state index contributed by atoms with van der Waals surface area (Å²) in [5, 5.41) is 1.65. The molecule has 0 aliphatic carbocycles. The third-order valence-corrected chi connectivity index (χ3v) is 4.46. The molecule has 2 aromatic carbocycles. The number of rotatable bonds is 3. The lowest BCUT2D eigenvalue weighted by molar-refractivity contribution is 0.174. The molecular weight excluding hydrogens is 367 g/mol. The zero-order valence-electron chi connectivity index (χ0n) is 13.1. The summed E-state index contributed by atoms with van der Waals surface area (Å²) in [6.45, 7) is 2.19. The first-order valence-electron chi connectivity index (χ1n) is 7.46. The van der Waals surface area contributed by atoms with Crippen LogP contribution in [-0.2, 0) is 6.61 Å². The number of aryl methyl sites for hydroxylation is 1. The van der Waals surface area contributed by atoms with E-state index in [1.54, 1.807) is 24.3 Å². The Balaban J connectivity index is 1.64. The SMILES string of the molecule is Cc1cc(=O)oc2cc(OCc3cc(Cl)c4c(c3)OCO4)c(Cl)cc12. The van der Waals surface area contributed by atoms with Crippen molar-refractivity contribution in [2.75, 3.05) is 6.79 Å². The number of benzene rings is 2. The highest BCUT2D eigenvalue weighted by Crippen LogP contribution is 2.40. The number of fused-ring (bicyclic) bond motifs is 2. The van der Waals surface area contributed by atoms with Gasteiger partial charge in [-0.15, -0.1) is 0 Å². The van der Waals surface area contributed by atoms with Gasteiger partial charge in [0.1, 0.15) is 17.9 Å². The van der Waals surface area contributed by atoms with E-state index in [0.717, 1.165) is 16.5 Å². The monoisotopic (exact) mass is 378 g/mol. The van der Waals surface area contributed by atoms with Crippen LogP contribution in [0.3, 0.4) is 0 Å². The van der Waals surface area contributed by atoms with Gasteiger partial charge in [-0.2, -0.15) is 0 Å². The summed E-state index contributed by atoms with van der Waals surface area (Å²) in [5.41, 5.74) is 1.60. The maximum Gasteiger partial charge on any atom is 0.336 e. The van der Waals surface area contributed by atoms with Gasteiger partial charge in [0, 0.05) is 17.5 Å². The summed E-state index contributed by atoms with van der Waals surface area (Å²) in [4.78, 5) is 11.5. The molecule has 0 saturated carbocycles. The molecule has 0 bridgehead atoms. The van der Waals surface area contributed by atoms with Crippen molar-refractivity contribution in [1.29, 1.82) is 0 Å². The predicted molar refractivity (Wildman–Crippen MR) is 94.1 cm³/mol. The van der Waals surface area contributed by atoms with Crippen molar-refractivity contribution in [3.8, 4) is 17.2 Å². The van der Waals surface area contributed by atoms with E-state index in [4.69, 9.17) is 41.8 Å². The standard InChI is InChI=1S/C18H12Cl2O5/c1-9-2-17(21)25-14-6-15(12(19)5-11(9)14)22-7-10-3-13(20)18-16(4-10)23-8-24-18/h2-6H,7-8H2,1H3. The fourth-order valence-electron chi connectivity index (χ4n) is 2.70. The molecule has 4 rings (SSSR count). The summed E-state index contributed by atoms with van der Waals surface area (Å²) in [7, 11) is 0. The molecule has 0 unspecified atom stereocenters. The van der Waals surface area contributed by atoms with Crippen LogP contribution in [-0.4, -0.2) is 6.79 Å². The number of ether oxygens (including phenoxy) is 3. The lowest BCUT2D eigenvalue weighted by Crippen LogP contribution is -2.00. The summed E-state index contributed by atoms with van der Waals surface area (Å²) in [5.74, 6) is 1.53. The van der Waals surface area contributed by atoms with Crippen molar-refractivity contribution in [2.24, 2.45) is 0 Å². The van der Waals surface area contributed by atoms with Gasteiger partial charge in [-0.3, -0.25) is 0 Å². The Kier molecular flexibility index (Phi) is 3.98. The van der Waals surface area contributed by atoms with E-state index in [2.05, 4.69) is 0 Å². The van der Waals surface area contributed by atoms with E-state index in [-0.39, 0.29) is 13.4 Å². The van der Waals surface area contributed by atoms with E-state index < -0.39 is 5.63 Å². The van der Waals surface area contributed by atoms with Gasteiger partial charge >= 0.3 is 5.63 Å². The molecule has 3 aromatic rings. The van der Waals surface area contributed by atoms with Crippen LogP contribution in [0.5, 0.6) is 17.2 Å². The molecule has 0 fully saturated rings. The first-order chi connectivity index (χ1) is 12.0. The zero-order valence-corrected chi connectivity index (χ0v) is 14.6. The zero-order chi connectivity index (χ0) is 17.6. The Morgan fingerprint density at radius 2 is 1.92 bits per heavy atom. The van der Waals surface area contributed by atoms with Crippen LogP contribution >= 0.6 is 23.2 Å². The summed E-state index contributed by atoms with van der Waals surface area (Å²) in [6, 6.07) is 8.30. The Morgan fingerprint density at radius 3 is 2.76 bits per heavy atom. The molecule has 1 aromatic heterocycles. The van der Waals surface area contributed by atoms with Gasteiger partial charge in [0.2, 0.25) is 6.79 Å². The fourth-order valence-corrected chi connectivity index (χ4v) is 3.20. The van der Waals surface area contributed by atoms with E-state index in [1.807, 2.05) is 6.92 Å². The van der Waals surface area contributed by atoms with Crippen LogP contribution in [0.15, 0.2) is 39.5 Å². The molecule has 0 saturated heterocycles. The van der Waals surface area contributed by atoms with E-state index >= 15 is 0 Å². The molecule has 0 N–H and O–H groups in total. The van der Waals surface area contributed by atoms with Crippen molar-refractivity contribution < 1.29 is 18.6 Å². The van der Waals surface area contributed by atoms with Gasteiger partial charge < -0.3 is 18.6 Å². The Labute approximate surface area is 152 Å². The topological polar surface area (TPSA) is 57.9 Å². The Bertz CT molecular complexity index is 1040. The second kappa shape index (κ2) is 6.17. The number of hydrogen-bond acceptors (Lipinski definition) is 5. The molecule has 0 amide bonds. The number of halogens is 2. The molecule has 5 nitrogen and oxygen atoms in total. The minimum absolute atomic E-state index is 0.147. The van der Waals surface area contributed by atoms with Crippen LogP contribution in [0.25, 0.3) is 11.0 Å². The lowest BCUT2D eigenvalue weighted by atomic mass is 10.1. The van der Waals surface area contributed by atoms with Crippen molar-refractivity contribution in [2.45, 2.75) is 13.5 Å². The van der Waals surface area contributed by atoms with Gasteiger partial charge in [-0.05, 0) is 36.2 Å². The van der Waals surface area contributed by atoms with Gasteiger partial charge in [-0.1, -0.05) is 23.2 Å².